The number of hydrogen-bond acceptors (Lipinski definition) is 2. The second-order valence-corrected chi connectivity index (χ2v) is 5.75. The van der Waals surface area contributed by atoms with Crippen LogP contribution in [0.2, 0.25) is 0 Å². The largest absolute Gasteiger partial charge is 0.314 e. The molecule has 0 saturated heterocycles. The van der Waals surface area contributed by atoms with Crippen LogP contribution in [0.25, 0.3) is 0 Å². The molecule has 102 valence electrons. The molecule has 0 aliphatic heterocycles. The van der Waals surface area contributed by atoms with Crippen molar-refractivity contribution in [1.82, 2.24) is 15.1 Å². The third-order valence-electron chi connectivity index (χ3n) is 4.24. The summed E-state index contributed by atoms with van der Waals surface area (Å²) < 4.78 is 2.02. The van der Waals surface area contributed by atoms with Crippen molar-refractivity contribution in [2.24, 2.45) is 11.8 Å². The quantitative estimate of drug-likeness (QED) is 0.840. The molecule has 0 radical (unpaired) electrons. The van der Waals surface area contributed by atoms with Gasteiger partial charge in [-0.05, 0) is 50.1 Å². The molecular weight excluding hydrogens is 222 g/mol. The lowest BCUT2D eigenvalue weighted by atomic mass is 9.92. The SMILES string of the molecule is CCNC(Cc1cnn(CC)c1)C1CCC(C)C1. The lowest BCUT2D eigenvalue weighted by Gasteiger charge is -2.24. The monoisotopic (exact) mass is 249 g/mol. The maximum Gasteiger partial charge on any atom is 0.0522 e. The first kappa shape index (κ1) is 13.6. The van der Waals surface area contributed by atoms with Crippen LogP contribution in [0.15, 0.2) is 12.4 Å². The van der Waals surface area contributed by atoms with Gasteiger partial charge in [-0.15, -0.1) is 0 Å². The minimum absolute atomic E-state index is 0.634. The average molecular weight is 249 g/mol. The third-order valence-corrected chi connectivity index (χ3v) is 4.24. The molecule has 3 heteroatoms. The molecule has 0 amide bonds. The van der Waals surface area contributed by atoms with Gasteiger partial charge in [-0.25, -0.2) is 0 Å². The Hall–Kier alpha value is -0.830. The summed E-state index contributed by atoms with van der Waals surface area (Å²) in [5, 5.41) is 8.06. The summed E-state index contributed by atoms with van der Waals surface area (Å²) >= 11 is 0. The molecule has 1 aromatic rings. The first-order valence-electron chi connectivity index (χ1n) is 7.47. The van der Waals surface area contributed by atoms with Gasteiger partial charge >= 0.3 is 0 Å². The molecule has 3 atom stereocenters. The van der Waals surface area contributed by atoms with Gasteiger partial charge in [0.25, 0.3) is 0 Å². The van der Waals surface area contributed by atoms with Gasteiger partial charge in [0, 0.05) is 18.8 Å². The average Bonchev–Trinajstić information content (AvgIpc) is 2.97. The van der Waals surface area contributed by atoms with Crippen LogP contribution >= 0.6 is 0 Å². The van der Waals surface area contributed by atoms with Gasteiger partial charge in [-0.3, -0.25) is 4.68 Å². The van der Waals surface area contributed by atoms with Crippen LogP contribution in [-0.4, -0.2) is 22.4 Å². The Morgan fingerprint density at radius 3 is 2.83 bits per heavy atom. The fourth-order valence-electron chi connectivity index (χ4n) is 3.22. The molecule has 3 unspecified atom stereocenters. The highest BCUT2D eigenvalue weighted by molar-refractivity contribution is 5.07. The Morgan fingerprint density at radius 2 is 2.28 bits per heavy atom. The van der Waals surface area contributed by atoms with Gasteiger partial charge in [0.15, 0.2) is 0 Å². The van der Waals surface area contributed by atoms with Gasteiger partial charge in [0.05, 0.1) is 6.20 Å². The lowest BCUT2D eigenvalue weighted by molar-refractivity contribution is 0.354. The standard InChI is InChI=1S/C15H27N3/c1-4-16-15(14-7-6-12(3)8-14)9-13-10-17-18(5-2)11-13/h10-12,14-16H,4-9H2,1-3H3. The summed E-state index contributed by atoms with van der Waals surface area (Å²) in [6, 6.07) is 0.634. The van der Waals surface area contributed by atoms with Crippen LogP contribution in [-0.2, 0) is 13.0 Å². The Kier molecular flexibility index (Phi) is 4.81. The first-order valence-corrected chi connectivity index (χ1v) is 7.47. The number of rotatable bonds is 6. The summed E-state index contributed by atoms with van der Waals surface area (Å²) in [4.78, 5) is 0. The molecule has 18 heavy (non-hydrogen) atoms. The molecule has 1 aliphatic carbocycles. The van der Waals surface area contributed by atoms with E-state index >= 15 is 0 Å². The Bertz CT molecular complexity index is 358. The van der Waals surface area contributed by atoms with Crippen molar-refractivity contribution in [3.05, 3.63) is 18.0 Å². The van der Waals surface area contributed by atoms with Crippen molar-refractivity contribution in [2.75, 3.05) is 6.54 Å². The van der Waals surface area contributed by atoms with Crippen molar-refractivity contribution >= 4 is 0 Å². The fraction of sp³-hybridized carbons (Fsp3) is 0.800. The van der Waals surface area contributed by atoms with Crippen molar-refractivity contribution in [2.45, 2.75) is 59.0 Å². The molecule has 0 aromatic carbocycles. The van der Waals surface area contributed by atoms with E-state index in [9.17, 15) is 0 Å². The van der Waals surface area contributed by atoms with Gasteiger partial charge in [-0.2, -0.15) is 5.10 Å². The zero-order chi connectivity index (χ0) is 13.0. The summed E-state index contributed by atoms with van der Waals surface area (Å²) in [5.74, 6) is 1.76. The number of nitrogens with one attached hydrogen (secondary N) is 1. The van der Waals surface area contributed by atoms with Crippen LogP contribution in [0.1, 0.15) is 45.6 Å². The molecule has 1 heterocycles. The number of aryl methyl sites for hydroxylation is 1. The molecular formula is C15H27N3. The second kappa shape index (κ2) is 6.37. The Morgan fingerprint density at radius 1 is 1.44 bits per heavy atom. The molecule has 0 spiro atoms. The maximum absolute atomic E-state index is 4.38. The normalized spacial score (nSPS) is 25.5. The van der Waals surface area contributed by atoms with Gasteiger partial charge < -0.3 is 5.32 Å². The van der Waals surface area contributed by atoms with Crippen molar-refractivity contribution < 1.29 is 0 Å². The number of aromatic nitrogens is 2. The van der Waals surface area contributed by atoms with Crippen LogP contribution in [0.4, 0.5) is 0 Å². The topological polar surface area (TPSA) is 29.9 Å². The molecule has 3 nitrogen and oxygen atoms in total. The van der Waals surface area contributed by atoms with Crippen LogP contribution in [0.5, 0.6) is 0 Å². The third kappa shape index (κ3) is 3.35. The molecule has 0 bridgehead atoms. The number of hydrogen-bond donors (Lipinski definition) is 1. The Balaban J connectivity index is 1.97. The van der Waals surface area contributed by atoms with Gasteiger partial charge in [0.2, 0.25) is 0 Å². The second-order valence-electron chi connectivity index (χ2n) is 5.75. The molecule has 1 saturated carbocycles. The van der Waals surface area contributed by atoms with E-state index in [1.807, 2.05) is 10.9 Å². The predicted molar refractivity (Wildman–Crippen MR) is 75.6 cm³/mol. The number of likely N-dealkylation sites (N-methyl/N-ethyl adjacent to an activating group) is 1. The molecule has 1 aromatic heterocycles. The van der Waals surface area contributed by atoms with E-state index in [1.165, 1.54) is 24.8 Å². The number of nitrogens with zero attached hydrogens (tertiary/aromatic N) is 2. The van der Waals surface area contributed by atoms with E-state index in [0.29, 0.717) is 6.04 Å². The predicted octanol–water partition coefficient (Wildman–Crippen LogP) is 2.86. The van der Waals surface area contributed by atoms with E-state index in [4.69, 9.17) is 0 Å². The zero-order valence-corrected chi connectivity index (χ0v) is 12.0. The van der Waals surface area contributed by atoms with Gasteiger partial charge in [-0.1, -0.05) is 20.3 Å². The molecule has 1 aliphatic rings. The minimum Gasteiger partial charge on any atom is -0.314 e. The minimum atomic E-state index is 0.634. The Labute approximate surface area is 111 Å². The van der Waals surface area contributed by atoms with E-state index in [0.717, 1.165) is 31.3 Å². The van der Waals surface area contributed by atoms with Gasteiger partial charge in [0.1, 0.15) is 0 Å². The van der Waals surface area contributed by atoms with Crippen molar-refractivity contribution in [1.29, 1.82) is 0 Å². The fourth-order valence-corrected chi connectivity index (χ4v) is 3.22. The van der Waals surface area contributed by atoms with E-state index in [1.54, 1.807) is 0 Å². The molecule has 1 N–H and O–H groups in total. The van der Waals surface area contributed by atoms with Crippen LogP contribution in [0.3, 0.4) is 0 Å². The first-order chi connectivity index (χ1) is 8.72. The van der Waals surface area contributed by atoms with E-state index in [-0.39, 0.29) is 0 Å². The summed E-state index contributed by atoms with van der Waals surface area (Å²) in [6.45, 7) is 8.76. The van der Waals surface area contributed by atoms with Crippen molar-refractivity contribution in [3.8, 4) is 0 Å². The van der Waals surface area contributed by atoms with Crippen LogP contribution in [0, 0.1) is 11.8 Å². The molecule has 2 rings (SSSR count). The maximum atomic E-state index is 4.38. The highest BCUT2D eigenvalue weighted by Gasteiger charge is 2.28. The van der Waals surface area contributed by atoms with E-state index in [2.05, 4.69) is 37.4 Å². The highest BCUT2D eigenvalue weighted by atomic mass is 15.3. The summed E-state index contributed by atoms with van der Waals surface area (Å²) in [5.41, 5.74) is 1.38. The lowest BCUT2D eigenvalue weighted by Crippen LogP contribution is -2.37. The smallest absolute Gasteiger partial charge is 0.0522 e. The summed E-state index contributed by atoms with van der Waals surface area (Å²) in [6.07, 6.45) is 9.54. The zero-order valence-electron chi connectivity index (χ0n) is 12.0. The summed E-state index contributed by atoms with van der Waals surface area (Å²) in [7, 11) is 0. The molecule has 1 fully saturated rings. The van der Waals surface area contributed by atoms with Crippen LogP contribution < -0.4 is 5.32 Å². The van der Waals surface area contributed by atoms with Crippen molar-refractivity contribution in [3.63, 3.8) is 0 Å². The highest BCUT2D eigenvalue weighted by Crippen LogP contribution is 2.33. The van der Waals surface area contributed by atoms with E-state index < -0.39 is 0 Å².